The van der Waals surface area contributed by atoms with Crippen LogP contribution in [0.3, 0.4) is 0 Å². The van der Waals surface area contributed by atoms with Crippen LogP contribution < -0.4 is 0 Å². The van der Waals surface area contributed by atoms with Crippen LogP contribution in [0.4, 0.5) is 0 Å². The van der Waals surface area contributed by atoms with E-state index in [1.807, 2.05) is 6.07 Å². The van der Waals surface area contributed by atoms with Crippen molar-refractivity contribution < 1.29 is 9.59 Å². The molecule has 0 aliphatic rings. The molecule has 0 saturated carbocycles. The number of rotatable bonds is 3. The fourth-order valence-corrected chi connectivity index (χ4v) is 1.04. The van der Waals surface area contributed by atoms with Gasteiger partial charge in [0, 0.05) is 11.9 Å². The van der Waals surface area contributed by atoms with Gasteiger partial charge in [-0.2, -0.15) is 0 Å². The van der Waals surface area contributed by atoms with Gasteiger partial charge in [0.1, 0.15) is 0 Å². The van der Waals surface area contributed by atoms with Crippen LogP contribution in [0.5, 0.6) is 0 Å². The summed E-state index contributed by atoms with van der Waals surface area (Å²) in [5.41, 5.74) is 0.989. The highest BCUT2D eigenvalue weighted by atomic mass is 16.1. The molecule has 1 rings (SSSR count). The number of carbonyl (C=O) groups excluding carboxylic acids is 2. The monoisotopic (exact) mass is 177 g/mol. The normalized spacial score (nSPS) is 9.38. The fourth-order valence-electron chi connectivity index (χ4n) is 1.04. The van der Waals surface area contributed by atoms with Gasteiger partial charge in [-0.25, -0.2) is 0 Å². The molecule has 1 N–H and O–H groups in total. The van der Waals surface area contributed by atoms with Crippen LogP contribution in [0.1, 0.15) is 19.5 Å². The van der Waals surface area contributed by atoms with Crippen molar-refractivity contribution in [3.63, 3.8) is 0 Å². The van der Waals surface area contributed by atoms with Crippen LogP contribution >= 0.6 is 0 Å². The number of allylic oxidation sites excluding steroid dienone is 1. The average Bonchev–Trinajstić information content (AvgIpc) is 2.50. The highest BCUT2D eigenvalue weighted by molar-refractivity contribution is 6.21. The molecule has 0 fully saturated rings. The molecule has 0 radical (unpaired) electrons. The van der Waals surface area contributed by atoms with E-state index in [0.29, 0.717) is 0 Å². The zero-order valence-electron chi connectivity index (χ0n) is 7.63. The molecule has 1 aromatic rings. The second-order valence-corrected chi connectivity index (χ2v) is 2.80. The molecule has 3 heteroatoms. The molecular formula is C10H11NO2. The first-order chi connectivity index (χ1) is 6.11. The van der Waals surface area contributed by atoms with Crippen LogP contribution in [0.15, 0.2) is 23.9 Å². The van der Waals surface area contributed by atoms with E-state index in [2.05, 4.69) is 4.98 Å². The Balaban J connectivity index is 3.01. The van der Waals surface area contributed by atoms with E-state index in [1.54, 1.807) is 18.3 Å². The van der Waals surface area contributed by atoms with Crippen LogP contribution in [-0.4, -0.2) is 16.6 Å². The Bertz CT molecular complexity index is 331. The summed E-state index contributed by atoms with van der Waals surface area (Å²) in [5.74, 6) is -0.413. The minimum atomic E-state index is -0.206. The molecular weight excluding hydrogens is 166 g/mol. The highest BCUT2D eigenvalue weighted by Gasteiger charge is 2.08. The molecule has 0 aliphatic carbocycles. The Kier molecular flexibility index (Phi) is 2.80. The molecule has 0 amide bonds. The summed E-state index contributed by atoms with van der Waals surface area (Å²) < 4.78 is 0. The van der Waals surface area contributed by atoms with Crippen molar-refractivity contribution in [2.24, 2.45) is 0 Å². The quantitative estimate of drug-likeness (QED) is 0.433. The number of aromatic amines is 1. The molecule has 0 aromatic carbocycles. The maximum atomic E-state index is 11.0. The lowest BCUT2D eigenvalue weighted by Gasteiger charge is -1.95. The topological polar surface area (TPSA) is 49.9 Å². The lowest BCUT2D eigenvalue weighted by atomic mass is 10.1. The average molecular weight is 177 g/mol. The van der Waals surface area contributed by atoms with Gasteiger partial charge >= 0.3 is 0 Å². The third-order valence-corrected chi connectivity index (χ3v) is 1.68. The van der Waals surface area contributed by atoms with Gasteiger partial charge in [0.25, 0.3) is 0 Å². The summed E-state index contributed by atoms with van der Waals surface area (Å²) >= 11 is 0. The number of Topliss-reactive ketones (excluding diaryl/α,β-unsaturated/α-hetero) is 2. The molecule has 1 aromatic heterocycles. The molecule has 13 heavy (non-hydrogen) atoms. The number of hydrogen-bond donors (Lipinski definition) is 1. The van der Waals surface area contributed by atoms with Crippen molar-refractivity contribution in [2.45, 2.75) is 13.8 Å². The van der Waals surface area contributed by atoms with E-state index in [-0.39, 0.29) is 17.1 Å². The highest BCUT2D eigenvalue weighted by Crippen LogP contribution is 2.06. The summed E-state index contributed by atoms with van der Waals surface area (Å²) in [6.45, 7) is 2.77. The third-order valence-electron chi connectivity index (χ3n) is 1.68. The van der Waals surface area contributed by atoms with E-state index >= 15 is 0 Å². The van der Waals surface area contributed by atoms with Crippen molar-refractivity contribution in [2.75, 3.05) is 0 Å². The van der Waals surface area contributed by atoms with Crippen molar-refractivity contribution >= 4 is 17.6 Å². The van der Waals surface area contributed by atoms with E-state index in [9.17, 15) is 9.59 Å². The van der Waals surface area contributed by atoms with E-state index < -0.39 is 0 Å². The minimum absolute atomic E-state index is 0.206. The van der Waals surface area contributed by atoms with Crippen molar-refractivity contribution in [3.8, 4) is 0 Å². The van der Waals surface area contributed by atoms with Crippen molar-refractivity contribution in [3.05, 3.63) is 29.6 Å². The number of aromatic nitrogens is 1. The number of nitrogens with one attached hydrogen (secondary N) is 1. The molecule has 0 aliphatic heterocycles. The number of hydrogen-bond acceptors (Lipinski definition) is 2. The second kappa shape index (κ2) is 3.85. The first-order valence-corrected chi connectivity index (χ1v) is 3.98. The van der Waals surface area contributed by atoms with E-state index in [1.165, 1.54) is 13.8 Å². The second-order valence-electron chi connectivity index (χ2n) is 2.80. The predicted molar refractivity (Wildman–Crippen MR) is 50.1 cm³/mol. The molecule has 68 valence electrons. The summed E-state index contributed by atoms with van der Waals surface area (Å²) in [7, 11) is 0. The first kappa shape index (κ1) is 9.45. The molecule has 3 nitrogen and oxygen atoms in total. The van der Waals surface area contributed by atoms with Gasteiger partial charge < -0.3 is 4.98 Å². The van der Waals surface area contributed by atoms with Crippen LogP contribution in [-0.2, 0) is 9.59 Å². The van der Waals surface area contributed by atoms with Crippen LogP contribution in [0.2, 0.25) is 0 Å². The summed E-state index contributed by atoms with van der Waals surface area (Å²) in [5, 5.41) is 0. The maximum absolute atomic E-state index is 11.0. The van der Waals surface area contributed by atoms with Gasteiger partial charge in [0.2, 0.25) is 0 Å². The molecule has 0 saturated heterocycles. The number of carbonyl (C=O) groups is 2. The van der Waals surface area contributed by atoms with E-state index in [4.69, 9.17) is 0 Å². The Morgan fingerprint density at radius 1 is 1.31 bits per heavy atom. The molecule has 0 bridgehead atoms. The summed E-state index contributed by atoms with van der Waals surface area (Å²) in [6.07, 6.45) is 3.30. The van der Waals surface area contributed by atoms with Crippen LogP contribution in [0.25, 0.3) is 6.08 Å². The van der Waals surface area contributed by atoms with Crippen molar-refractivity contribution in [1.82, 2.24) is 4.98 Å². The minimum Gasteiger partial charge on any atom is -0.362 e. The lowest BCUT2D eigenvalue weighted by Crippen LogP contribution is -2.05. The Morgan fingerprint density at radius 2 is 1.92 bits per heavy atom. The Labute approximate surface area is 76.5 Å². The molecule has 0 unspecified atom stereocenters. The zero-order chi connectivity index (χ0) is 9.84. The smallest absolute Gasteiger partial charge is 0.163 e. The lowest BCUT2D eigenvalue weighted by molar-refractivity contribution is -0.119. The summed E-state index contributed by atoms with van der Waals surface area (Å²) in [6, 6.07) is 3.61. The maximum Gasteiger partial charge on any atom is 0.163 e. The summed E-state index contributed by atoms with van der Waals surface area (Å²) in [4.78, 5) is 24.9. The van der Waals surface area contributed by atoms with Crippen LogP contribution in [0, 0.1) is 0 Å². The molecule has 0 spiro atoms. The van der Waals surface area contributed by atoms with Gasteiger partial charge in [0.15, 0.2) is 11.6 Å². The standard InChI is InChI=1S/C10H11NO2/c1-7(12)10(8(2)13)6-9-4-3-5-11-9/h3-6,11H,1-2H3. The van der Waals surface area contributed by atoms with Gasteiger partial charge in [-0.1, -0.05) is 0 Å². The largest absolute Gasteiger partial charge is 0.362 e. The van der Waals surface area contributed by atoms with Crippen molar-refractivity contribution in [1.29, 1.82) is 0 Å². The fraction of sp³-hybridized carbons (Fsp3) is 0.200. The molecule has 1 heterocycles. The molecule has 0 atom stereocenters. The van der Waals surface area contributed by atoms with Gasteiger partial charge in [0.05, 0.1) is 5.57 Å². The third kappa shape index (κ3) is 2.40. The van der Waals surface area contributed by atoms with Gasteiger partial charge in [-0.3, -0.25) is 9.59 Å². The Hall–Kier alpha value is -1.64. The number of H-pyrrole nitrogens is 1. The zero-order valence-corrected chi connectivity index (χ0v) is 7.63. The first-order valence-electron chi connectivity index (χ1n) is 3.98. The van der Waals surface area contributed by atoms with Gasteiger partial charge in [-0.15, -0.1) is 0 Å². The SMILES string of the molecule is CC(=O)C(=Cc1ccc[nH]1)C(C)=O. The van der Waals surface area contributed by atoms with E-state index in [0.717, 1.165) is 5.69 Å². The van der Waals surface area contributed by atoms with Gasteiger partial charge in [-0.05, 0) is 32.1 Å². The number of ketones is 2. The predicted octanol–water partition coefficient (Wildman–Crippen LogP) is 1.58. The Morgan fingerprint density at radius 3 is 2.31 bits per heavy atom.